The van der Waals surface area contributed by atoms with Crippen molar-refractivity contribution in [2.24, 2.45) is 5.73 Å². The fourth-order valence-corrected chi connectivity index (χ4v) is 5.29. The second-order valence-corrected chi connectivity index (χ2v) is 10.1. The molecule has 4 heterocycles. The summed E-state index contributed by atoms with van der Waals surface area (Å²) in [5.41, 5.74) is 6.28. The summed E-state index contributed by atoms with van der Waals surface area (Å²) >= 11 is 0.666. The van der Waals surface area contributed by atoms with Crippen molar-refractivity contribution in [2.75, 3.05) is 5.32 Å². The minimum atomic E-state index is -4.76. The van der Waals surface area contributed by atoms with E-state index in [9.17, 15) is 22.8 Å². The first-order valence-corrected chi connectivity index (χ1v) is 13.2. The van der Waals surface area contributed by atoms with Crippen molar-refractivity contribution in [1.82, 2.24) is 24.5 Å². The van der Waals surface area contributed by atoms with Crippen molar-refractivity contribution >= 4 is 39.1 Å². The van der Waals surface area contributed by atoms with E-state index >= 15 is 0 Å². The van der Waals surface area contributed by atoms with Gasteiger partial charge in [0.05, 0.1) is 11.4 Å². The number of hydrogen-bond donors (Lipinski definition) is 2. The van der Waals surface area contributed by atoms with Gasteiger partial charge in [-0.05, 0) is 50.1 Å². The van der Waals surface area contributed by atoms with Gasteiger partial charge in [-0.3, -0.25) is 14.3 Å². The van der Waals surface area contributed by atoms with Crippen molar-refractivity contribution in [3.63, 3.8) is 0 Å². The van der Waals surface area contributed by atoms with Gasteiger partial charge in [-0.2, -0.15) is 23.4 Å². The molecular formula is C27H24F3N7O3S. The molecule has 212 valence electrons. The Morgan fingerprint density at radius 2 is 1.85 bits per heavy atom. The number of rotatable bonds is 8. The number of halogens is 3. The molecule has 0 fully saturated rings. The van der Waals surface area contributed by atoms with E-state index in [2.05, 4.69) is 20.5 Å². The first-order valence-electron chi connectivity index (χ1n) is 12.4. The van der Waals surface area contributed by atoms with Gasteiger partial charge in [0.25, 0.3) is 11.8 Å². The normalized spacial score (nSPS) is 11.7. The number of para-hydroxylation sites is 1. The lowest BCUT2D eigenvalue weighted by Gasteiger charge is -2.11. The van der Waals surface area contributed by atoms with Gasteiger partial charge >= 0.3 is 6.18 Å². The molecule has 0 unspecified atom stereocenters. The lowest BCUT2D eigenvalue weighted by molar-refractivity contribution is -0.140. The summed E-state index contributed by atoms with van der Waals surface area (Å²) in [5.74, 6) is -0.973. The maximum atomic E-state index is 13.8. The average molecular weight is 584 g/mol. The third kappa shape index (κ3) is 5.50. The van der Waals surface area contributed by atoms with E-state index < -0.39 is 23.7 Å². The van der Waals surface area contributed by atoms with E-state index in [1.54, 1.807) is 30.1 Å². The van der Waals surface area contributed by atoms with Crippen molar-refractivity contribution in [3.8, 4) is 16.9 Å². The fourth-order valence-electron chi connectivity index (χ4n) is 4.28. The smallest absolute Gasteiger partial charge is 0.433 e. The summed E-state index contributed by atoms with van der Waals surface area (Å²) in [7, 11) is 0. The third-order valence-corrected chi connectivity index (χ3v) is 7.39. The van der Waals surface area contributed by atoms with Crippen LogP contribution in [0.4, 0.5) is 18.9 Å². The number of aryl methyl sites for hydroxylation is 3. The number of fused-ring (bicyclic) bond motifs is 1. The summed E-state index contributed by atoms with van der Waals surface area (Å²) in [6.07, 6.45) is -1.61. The number of primary amides is 1. The maximum Gasteiger partial charge on any atom is 0.433 e. The fraction of sp³-hybridized carbons (Fsp3) is 0.222. The van der Waals surface area contributed by atoms with Crippen molar-refractivity contribution in [3.05, 3.63) is 76.3 Å². The van der Waals surface area contributed by atoms with E-state index in [0.29, 0.717) is 34.9 Å². The molecule has 0 aliphatic heterocycles. The standard InChI is InChI=1S/C27H24F3N7O3S/c1-4-36-12-17(15(3)34-36)16-11-20(27(28,29)30)32-26-21(16)22(23(41-26)24(31)38)33-25(39)18-9-10-37(35-18)13-40-19-8-6-5-7-14(19)2/h5-12H,4,13H2,1-3H3,(H2,31,38)(H,33,39). The number of anilines is 1. The molecule has 5 aromatic rings. The number of aromatic nitrogens is 5. The van der Waals surface area contributed by atoms with E-state index in [0.717, 1.165) is 11.6 Å². The lowest BCUT2D eigenvalue weighted by Crippen LogP contribution is -2.18. The number of hydrogen-bond acceptors (Lipinski definition) is 7. The number of benzene rings is 1. The number of nitrogens with one attached hydrogen (secondary N) is 1. The molecular weight excluding hydrogens is 559 g/mol. The largest absolute Gasteiger partial charge is 0.471 e. The quantitative estimate of drug-likeness (QED) is 0.252. The number of nitrogens with two attached hydrogens (primary N) is 1. The van der Waals surface area contributed by atoms with Crippen molar-refractivity contribution < 1.29 is 27.5 Å². The summed E-state index contributed by atoms with van der Waals surface area (Å²) in [5, 5.41) is 11.4. The molecule has 0 saturated heterocycles. The number of ether oxygens (including phenoxy) is 1. The van der Waals surface area contributed by atoms with Crippen LogP contribution >= 0.6 is 11.3 Å². The molecule has 1 aromatic carbocycles. The predicted octanol–water partition coefficient (Wildman–Crippen LogP) is 5.40. The zero-order valence-corrected chi connectivity index (χ0v) is 22.9. The Balaban J connectivity index is 1.55. The minimum absolute atomic E-state index is 0.00967. The van der Waals surface area contributed by atoms with Crippen LogP contribution in [0.3, 0.4) is 0 Å². The highest BCUT2D eigenvalue weighted by molar-refractivity contribution is 7.21. The Bertz CT molecular complexity index is 1790. The molecule has 2 amide bonds. The molecule has 0 bridgehead atoms. The number of carbonyl (C=O) groups is 2. The molecule has 41 heavy (non-hydrogen) atoms. The molecule has 0 saturated carbocycles. The van der Waals surface area contributed by atoms with Crippen molar-refractivity contribution in [1.29, 1.82) is 0 Å². The highest BCUT2D eigenvalue weighted by Crippen LogP contribution is 2.44. The second kappa shape index (κ2) is 10.7. The van der Waals surface area contributed by atoms with Crippen LogP contribution in [0, 0.1) is 13.8 Å². The molecule has 3 N–H and O–H groups in total. The summed E-state index contributed by atoms with van der Waals surface area (Å²) < 4.78 is 50.2. The van der Waals surface area contributed by atoms with Crippen LogP contribution in [0.25, 0.3) is 21.3 Å². The Labute approximate surface area is 235 Å². The number of nitrogens with zero attached hydrogens (tertiary/aromatic N) is 5. The summed E-state index contributed by atoms with van der Waals surface area (Å²) in [6.45, 7) is 5.91. The number of thiophene rings is 1. The second-order valence-electron chi connectivity index (χ2n) is 9.12. The topological polar surface area (TPSA) is 130 Å². The van der Waals surface area contributed by atoms with Gasteiger partial charge in [-0.15, -0.1) is 11.3 Å². The number of carbonyl (C=O) groups excluding carboxylic acids is 2. The SMILES string of the molecule is CCn1cc(-c2cc(C(F)(F)F)nc3sc(C(N)=O)c(NC(=O)c4ccn(COc5ccccc5C)n4)c23)c(C)n1. The molecule has 4 aromatic heterocycles. The van der Waals surface area contributed by atoms with E-state index in [1.807, 2.05) is 32.0 Å². The zero-order valence-electron chi connectivity index (χ0n) is 22.1. The van der Waals surface area contributed by atoms with Gasteiger partial charge in [-0.25, -0.2) is 9.67 Å². The molecule has 0 aliphatic rings. The predicted molar refractivity (Wildman–Crippen MR) is 147 cm³/mol. The van der Waals surface area contributed by atoms with Crippen LogP contribution in [0.15, 0.2) is 48.8 Å². The minimum Gasteiger partial charge on any atom is -0.471 e. The van der Waals surface area contributed by atoms with E-state index in [4.69, 9.17) is 10.5 Å². The van der Waals surface area contributed by atoms with Gasteiger partial charge in [0, 0.05) is 29.9 Å². The summed E-state index contributed by atoms with van der Waals surface area (Å²) in [4.78, 5) is 29.2. The molecule has 0 spiro atoms. The van der Waals surface area contributed by atoms with Crippen LogP contribution in [0.1, 0.15) is 44.0 Å². The number of amides is 2. The van der Waals surface area contributed by atoms with Gasteiger partial charge in [0.1, 0.15) is 21.2 Å². The molecule has 0 atom stereocenters. The highest BCUT2D eigenvalue weighted by atomic mass is 32.1. The Morgan fingerprint density at radius 1 is 1.10 bits per heavy atom. The molecule has 14 heteroatoms. The zero-order chi connectivity index (χ0) is 29.5. The maximum absolute atomic E-state index is 13.8. The summed E-state index contributed by atoms with van der Waals surface area (Å²) in [6, 6.07) is 9.76. The van der Waals surface area contributed by atoms with Crippen LogP contribution in [-0.4, -0.2) is 36.4 Å². The van der Waals surface area contributed by atoms with Crippen LogP contribution in [0.5, 0.6) is 5.75 Å². The van der Waals surface area contributed by atoms with Crippen molar-refractivity contribution in [2.45, 2.75) is 40.2 Å². The lowest BCUT2D eigenvalue weighted by atomic mass is 10.0. The van der Waals surface area contributed by atoms with E-state index in [-0.39, 0.29) is 38.8 Å². The van der Waals surface area contributed by atoms with Gasteiger partial charge in [0.15, 0.2) is 12.4 Å². The van der Waals surface area contributed by atoms with Gasteiger partial charge in [0.2, 0.25) is 0 Å². The number of alkyl halides is 3. The van der Waals surface area contributed by atoms with Crippen LogP contribution in [-0.2, 0) is 19.5 Å². The molecule has 0 aliphatic carbocycles. The Morgan fingerprint density at radius 3 is 2.51 bits per heavy atom. The first kappa shape index (κ1) is 27.8. The van der Waals surface area contributed by atoms with Crippen LogP contribution in [0.2, 0.25) is 0 Å². The first-order chi connectivity index (χ1) is 19.5. The van der Waals surface area contributed by atoms with Gasteiger partial charge in [-0.1, -0.05) is 18.2 Å². The molecule has 5 rings (SSSR count). The monoisotopic (exact) mass is 583 g/mol. The number of pyridine rings is 1. The molecule has 10 nitrogen and oxygen atoms in total. The van der Waals surface area contributed by atoms with Gasteiger partial charge < -0.3 is 15.8 Å². The molecule has 0 radical (unpaired) electrons. The van der Waals surface area contributed by atoms with E-state index in [1.165, 1.54) is 10.7 Å². The average Bonchev–Trinajstić information content (AvgIpc) is 3.64. The Hall–Kier alpha value is -4.72. The third-order valence-electron chi connectivity index (χ3n) is 6.29. The van der Waals surface area contributed by atoms with Crippen LogP contribution < -0.4 is 15.8 Å². The highest BCUT2D eigenvalue weighted by Gasteiger charge is 2.35. The Kier molecular flexibility index (Phi) is 7.26.